The van der Waals surface area contributed by atoms with Crippen molar-refractivity contribution in [2.45, 2.75) is 18.9 Å². The van der Waals surface area contributed by atoms with Crippen molar-refractivity contribution in [1.82, 2.24) is 4.90 Å². The number of nitrogens with one attached hydrogen (secondary N) is 2. The number of fused-ring (bicyclic) bond motifs is 1. The normalized spacial score (nSPS) is 22.6. The van der Waals surface area contributed by atoms with Crippen molar-refractivity contribution >= 4 is 23.0 Å². The molecule has 3 aliphatic rings. The van der Waals surface area contributed by atoms with E-state index in [0.29, 0.717) is 48.8 Å². The Kier molecular flexibility index (Phi) is 6.26. The van der Waals surface area contributed by atoms with E-state index in [1.807, 2.05) is 35.2 Å². The summed E-state index contributed by atoms with van der Waals surface area (Å²) in [6.07, 6.45) is 1.23. The van der Waals surface area contributed by atoms with Crippen LogP contribution in [0.2, 0.25) is 0 Å². The number of Topliss-reactive ketones (excluding diaryl/α,β-unsaturated/α-hetero) is 1. The van der Waals surface area contributed by atoms with Crippen molar-refractivity contribution in [3.63, 3.8) is 0 Å². The third-order valence-corrected chi connectivity index (χ3v) is 6.75. The van der Waals surface area contributed by atoms with Gasteiger partial charge in [-0.1, -0.05) is 18.2 Å². The fourth-order valence-electron chi connectivity index (χ4n) is 4.94. The molecule has 0 aliphatic carbocycles. The molecule has 0 radical (unpaired) electrons. The van der Waals surface area contributed by atoms with Gasteiger partial charge in [0.25, 0.3) is 0 Å². The number of carbonyl (C=O) groups is 1. The number of morpholine rings is 1. The summed E-state index contributed by atoms with van der Waals surface area (Å²) < 4.78 is 16.4. The minimum atomic E-state index is -0.472. The molecule has 0 amide bonds. The summed E-state index contributed by atoms with van der Waals surface area (Å²) in [5.74, 6) is 1.43. The molecule has 178 valence electrons. The standard InChI is InChI=1S/C26H30N4O4/c1-32-19-14-18(15-20(16-19)33-2)30-23(7-8-29-9-11-34-12-10-29)25(31)24(26(30)27)22-13-17-5-3-4-6-21(17)28-22/h3-6,14-16,23,27-28H,7-13H2,1-2H3. The second-order valence-corrected chi connectivity index (χ2v) is 8.72. The number of carbonyl (C=O) groups excluding carboxylic acids is 1. The Balaban J connectivity index is 1.51. The molecule has 1 atom stereocenters. The van der Waals surface area contributed by atoms with Gasteiger partial charge in [0.15, 0.2) is 5.78 Å². The fourth-order valence-corrected chi connectivity index (χ4v) is 4.94. The topological polar surface area (TPSA) is 87.1 Å². The van der Waals surface area contributed by atoms with Gasteiger partial charge >= 0.3 is 0 Å². The van der Waals surface area contributed by atoms with Crippen molar-refractivity contribution in [2.24, 2.45) is 0 Å². The summed E-state index contributed by atoms with van der Waals surface area (Å²) in [4.78, 5) is 18.0. The minimum absolute atomic E-state index is 0.0182. The van der Waals surface area contributed by atoms with E-state index in [-0.39, 0.29) is 11.6 Å². The van der Waals surface area contributed by atoms with Gasteiger partial charge in [-0.3, -0.25) is 15.1 Å². The van der Waals surface area contributed by atoms with Gasteiger partial charge < -0.3 is 24.4 Å². The van der Waals surface area contributed by atoms with Gasteiger partial charge in [-0.05, 0) is 18.1 Å². The number of amidine groups is 1. The van der Waals surface area contributed by atoms with E-state index in [1.165, 1.54) is 0 Å². The molecule has 3 heterocycles. The second kappa shape index (κ2) is 9.48. The fraction of sp³-hybridized carbons (Fsp3) is 0.385. The van der Waals surface area contributed by atoms with Crippen LogP contribution in [0, 0.1) is 5.41 Å². The molecule has 3 aliphatic heterocycles. The summed E-state index contributed by atoms with van der Waals surface area (Å²) in [6.45, 7) is 3.90. The van der Waals surface area contributed by atoms with Crippen LogP contribution in [0.5, 0.6) is 11.5 Å². The zero-order valence-electron chi connectivity index (χ0n) is 19.6. The lowest BCUT2D eigenvalue weighted by Gasteiger charge is -2.30. The zero-order valence-corrected chi connectivity index (χ0v) is 19.6. The number of hydrogen-bond acceptors (Lipinski definition) is 7. The van der Waals surface area contributed by atoms with Crippen molar-refractivity contribution in [3.8, 4) is 11.5 Å². The van der Waals surface area contributed by atoms with Crippen LogP contribution in [-0.2, 0) is 16.0 Å². The molecule has 0 spiro atoms. The lowest BCUT2D eigenvalue weighted by molar-refractivity contribution is -0.115. The highest BCUT2D eigenvalue weighted by Gasteiger charge is 2.44. The van der Waals surface area contributed by atoms with Crippen LogP contribution < -0.4 is 19.7 Å². The molecule has 2 aromatic rings. The molecule has 2 fully saturated rings. The Bertz CT molecular complexity index is 1090. The molecule has 2 aromatic carbocycles. The van der Waals surface area contributed by atoms with Crippen LogP contribution in [-0.4, -0.2) is 69.6 Å². The molecule has 2 N–H and O–H groups in total. The van der Waals surface area contributed by atoms with Crippen molar-refractivity contribution in [3.05, 3.63) is 59.3 Å². The van der Waals surface area contributed by atoms with Crippen molar-refractivity contribution < 1.29 is 19.0 Å². The predicted molar refractivity (Wildman–Crippen MR) is 131 cm³/mol. The third kappa shape index (κ3) is 4.15. The van der Waals surface area contributed by atoms with Gasteiger partial charge in [-0.25, -0.2) is 0 Å². The number of rotatable bonds is 6. The average Bonchev–Trinajstić information content (AvgIpc) is 3.40. The number of methoxy groups -OCH3 is 2. The Morgan fingerprint density at radius 2 is 1.79 bits per heavy atom. The monoisotopic (exact) mass is 462 g/mol. The first-order chi connectivity index (χ1) is 16.6. The maximum absolute atomic E-state index is 13.8. The van der Waals surface area contributed by atoms with E-state index < -0.39 is 6.04 Å². The molecule has 8 nitrogen and oxygen atoms in total. The Labute approximate surface area is 199 Å². The summed E-state index contributed by atoms with van der Waals surface area (Å²) >= 11 is 0. The van der Waals surface area contributed by atoms with Gasteiger partial charge in [-0.15, -0.1) is 0 Å². The molecular formula is C26H30N4O4. The Hall–Kier alpha value is -3.36. The van der Waals surface area contributed by atoms with Gasteiger partial charge in [0.2, 0.25) is 0 Å². The van der Waals surface area contributed by atoms with Crippen LogP contribution in [0.3, 0.4) is 0 Å². The first-order valence-corrected chi connectivity index (χ1v) is 11.6. The van der Waals surface area contributed by atoms with Crippen LogP contribution in [0.15, 0.2) is 53.7 Å². The van der Waals surface area contributed by atoms with Crippen LogP contribution in [0.25, 0.3) is 0 Å². The third-order valence-electron chi connectivity index (χ3n) is 6.75. The summed E-state index contributed by atoms with van der Waals surface area (Å²) in [5, 5.41) is 12.5. The average molecular weight is 463 g/mol. The van der Waals surface area contributed by atoms with E-state index in [0.717, 1.165) is 36.6 Å². The summed E-state index contributed by atoms with van der Waals surface area (Å²) in [6, 6.07) is 13.1. The quantitative estimate of drug-likeness (QED) is 0.638. The number of hydrogen-bond donors (Lipinski definition) is 2. The van der Waals surface area contributed by atoms with Gasteiger partial charge in [-0.2, -0.15) is 0 Å². The molecular weight excluding hydrogens is 432 g/mol. The minimum Gasteiger partial charge on any atom is -0.497 e. The number of benzene rings is 2. The van der Waals surface area contributed by atoms with E-state index in [9.17, 15) is 4.79 Å². The molecule has 0 saturated carbocycles. The lowest BCUT2D eigenvalue weighted by atomic mass is 10.0. The smallest absolute Gasteiger partial charge is 0.191 e. The highest BCUT2D eigenvalue weighted by atomic mass is 16.5. The van der Waals surface area contributed by atoms with E-state index >= 15 is 0 Å². The number of anilines is 2. The van der Waals surface area contributed by atoms with Crippen LogP contribution in [0.1, 0.15) is 12.0 Å². The Morgan fingerprint density at radius 1 is 1.09 bits per heavy atom. The van der Waals surface area contributed by atoms with E-state index in [4.69, 9.17) is 19.6 Å². The highest BCUT2D eigenvalue weighted by Crippen LogP contribution is 2.38. The first kappa shape index (κ1) is 22.4. The molecule has 1 unspecified atom stereocenters. The number of allylic oxidation sites excluding steroid dienone is 1. The SMILES string of the molecule is COc1cc(OC)cc(N2C(=N)C(=C3Cc4ccccc4N3)C(=O)C2CCN2CCOCC2)c1. The molecule has 0 aromatic heterocycles. The van der Waals surface area contributed by atoms with Gasteiger partial charge in [0.1, 0.15) is 23.4 Å². The second-order valence-electron chi connectivity index (χ2n) is 8.72. The number of nitrogens with zero attached hydrogens (tertiary/aromatic N) is 2. The molecule has 0 bridgehead atoms. The van der Waals surface area contributed by atoms with Crippen LogP contribution >= 0.6 is 0 Å². The summed E-state index contributed by atoms with van der Waals surface area (Å²) in [5.41, 5.74) is 4.11. The maximum atomic E-state index is 13.8. The molecule has 34 heavy (non-hydrogen) atoms. The number of para-hydroxylation sites is 1. The van der Waals surface area contributed by atoms with Crippen molar-refractivity contribution in [1.29, 1.82) is 5.41 Å². The van der Waals surface area contributed by atoms with Crippen LogP contribution in [0.4, 0.5) is 11.4 Å². The summed E-state index contributed by atoms with van der Waals surface area (Å²) in [7, 11) is 3.20. The first-order valence-electron chi connectivity index (χ1n) is 11.6. The molecule has 2 saturated heterocycles. The lowest BCUT2D eigenvalue weighted by Crippen LogP contribution is -2.42. The van der Waals surface area contributed by atoms with E-state index in [2.05, 4.69) is 16.3 Å². The van der Waals surface area contributed by atoms with Gasteiger partial charge in [0.05, 0.1) is 38.7 Å². The zero-order chi connectivity index (χ0) is 23.7. The number of ether oxygens (including phenoxy) is 3. The maximum Gasteiger partial charge on any atom is 0.191 e. The molecule has 8 heteroatoms. The molecule has 5 rings (SSSR count). The van der Waals surface area contributed by atoms with Gasteiger partial charge in [0, 0.05) is 55.6 Å². The van der Waals surface area contributed by atoms with E-state index in [1.54, 1.807) is 20.3 Å². The van der Waals surface area contributed by atoms with Crippen molar-refractivity contribution in [2.75, 3.05) is 57.3 Å². The number of ketones is 1. The highest BCUT2D eigenvalue weighted by molar-refractivity contribution is 6.35. The predicted octanol–water partition coefficient (Wildman–Crippen LogP) is 3.08. The largest absolute Gasteiger partial charge is 0.497 e. The Morgan fingerprint density at radius 3 is 2.47 bits per heavy atom.